The monoisotopic (exact) mass is 396 g/mol. The van der Waals surface area contributed by atoms with Gasteiger partial charge in [0.25, 0.3) is 5.56 Å². The van der Waals surface area contributed by atoms with Crippen LogP contribution in [0.4, 0.5) is 0 Å². The maximum absolute atomic E-state index is 12.2. The Morgan fingerprint density at radius 3 is 2.79 bits per heavy atom. The highest BCUT2D eigenvalue weighted by Crippen LogP contribution is 2.24. The molecule has 0 bridgehead atoms. The first kappa shape index (κ1) is 21.2. The Morgan fingerprint density at radius 2 is 2.10 bits per heavy atom. The summed E-state index contributed by atoms with van der Waals surface area (Å²) in [6.07, 6.45) is 1.78. The minimum Gasteiger partial charge on any atom is -0.339 e. The largest absolute Gasteiger partial charge is 0.339 e. The van der Waals surface area contributed by atoms with Gasteiger partial charge in [0.2, 0.25) is 5.91 Å². The number of likely N-dealkylation sites (N-methyl/N-ethyl adjacent to an activating group) is 1. The van der Waals surface area contributed by atoms with Crippen molar-refractivity contribution >= 4 is 5.91 Å². The van der Waals surface area contributed by atoms with Crippen molar-refractivity contribution in [3.05, 3.63) is 51.9 Å². The lowest BCUT2D eigenvalue weighted by atomic mass is 10.0. The Hall–Kier alpha value is -2.47. The van der Waals surface area contributed by atoms with E-state index in [2.05, 4.69) is 29.8 Å². The second-order valence-corrected chi connectivity index (χ2v) is 8.32. The molecular formula is C23H32N4O2. The Morgan fingerprint density at radius 1 is 1.34 bits per heavy atom. The van der Waals surface area contributed by atoms with E-state index in [-0.39, 0.29) is 17.5 Å². The molecule has 1 unspecified atom stereocenters. The Bertz CT molecular complexity index is 906. The Labute approximate surface area is 173 Å². The number of H-pyrrole nitrogens is 1. The van der Waals surface area contributed by atoms with Gasteiger partial charge in [0.05, 0.1) is 0 Å². The Balaban J connectivity index is 1.81. The summed E-state index contributed by atoms with van der Waals surface area (Å²) in [4.78, 5) is 36.1. The molecule has 1 aliphatic rings. The second kappa shape index (κ2) is 9.35. The molecule has 1 amide bonds. The van der Waals surface area contributed by atoms with E-state index >= 15 is 0 Å². The number of carbonyl (C=O) groups is 1. The van der Waals surface area contributed by atoms with Gasteiger partial charge in [-0.05, 0) is 31.2 Å². The molecule has 0 saturated carbocycles. The second-order valence-electron chi connectivity index (χ2n) is 8.32. The van der Waals surface area contributed by atoms with Gasteiger partial charge in [-0.25, -0.2) is 4.98 Å². The van der Waals surface area contributed by atoms with E-state index in [0.717, 1.165) is 55.8 Å². The van der Waals surface area contributed by atoms with Gasteiger partial charge in [0.15, 0.2) is 0 Å². The van der Waals surface area contributed by atoms with Crippen molar-refractivity contribution in [3.8, 4) is 11.4 Å². The summed E-state index contributed by atoms with van der Waals surface area (Å²) in [6, 6.07) is 10.00. The van der Waals surface area contributed by atoms with E-state index in [1.54, 1.807) is 13.0 Å². The first-order valence-electron chi connectivity index (χ1n) is 10.6. The van der Waals surface area contributed by atoms with Gasteiger partial charge in [-0.2, -0.15) is 0 Å². The van der Waals surface area contributed by atoms with Crippen LogP contribution in [0.25, 0.3) is 11.4 Å². The summed E-state index contributed by atoms with van der Waals surface area (Å²) in [5, 5.41) is 0. The molecule has 0 radical (unpaired) electrons. The molecule has 6 heteroatoms. The highest BCUT2D eigenvalue weighted by Gasteiger charge is 2.28. The number of aromatic amines is 1. The summed E-state index contributed by atoms with van der Waals surface area (Å²) >= 11 is 0. The lowest BCUT2D eigenvalue weighted by molar-refractivity contribution is -0.130. The van der Waals surface area contributed by atoms with Gasteiger partial charge in [-0.15, -0.1) is 0 Å². The van der Waals surface area contributed by atoms with Crippen molar-refractivity contribution in [3.63, 3.8) is 0 Å². The van der Waals surface area contributed by atoms with Crippen LogP contribution in [0, 0.1) is 5.92 Å². The van der Waals surface area contributed by atoms with Crippen LogP contribution in [-0.4, -0.2) is 51.4 Å². The molecule has 1 aromatic heterocycles. The summed E-state index contributed by atoms with van der Waals surface area (Å²) in [5.41, 5.74) is 2.83. The summed E-state index contributed by atoms with van der Waals surface area (Å²) < 4.78 is 0. The zero-order valence-electron chi connectivity index (χ0n) is 17.9. The average Bonchev–Trinajstić information content (AvgIpc) is 3.09. The fourth-order valence-electron chi connectivity index (χ4n) is 4.24. The first-order valence-corrected chi connectivity index (χ1v) is 10.6. The van der Waals surface area contributed by atoms with Crippen LogP contribution >= 0.6 is 0 Å². The van der Waals surface area contributed by atoms with Crippen molar-refractivity contribution in [1.82, 2.24) is 19.8 Å². The fraction of sp³-hybridized carbons (Fsp3) is 0.522. The maximum atomic E-state index is 12.2. The van der Waals surface area contributed by atoms with E-state index in [0.29, 0.717) is 11.7 Å². The smallest absolute Gasteiger partial charge is 0.251 e. The molecule has 29 heavy (non-hydrogen) atoms. The van der Waals surface area contributed by atoms with Crippen molar-refractivity contribution in [1.29, 1.82) is 0 Å². The van der Waals surface area contributed by atoms with Crippen molar-refractivity contribution < 1.29 is 4.79 Å². The highest BCUT2D eigenvalue weighted by molar-refractivity contribution is 5.73. The molecule has 1 aliphatic heterocycles. The SMILES string of the molecule is CCN(C(C)=O)C1CCN(Cc2ccccc2-c2nc(CC(C)C)cc(=O)[nH]2)C1. The predicted molar refractivity (Wildman–Crippen MR) is 116 cm³/mol. The molecule has 6 nitrogen and oxygen atoms in total. The molecule has 1 N–H and O–H groups in total. The topological polar surface area (TPSA) is 69.3 Å². The van der Waals surface area contributed by atoms with Crippen LogP contribution < -0.4 is 5.56 Å². The van der Waals surface area contributed by atoms with Crippen LogP contribution in [0.15, 0.2) is 35.1 Å². The van der Waals surface area contributed by atoms with E-state index in [1.807, 2.05) is 30.0 Å². The van der Waals surface area contributed by atoms with Gasteiger partial charge in [0.1, 0.15) is 5.82 Å². The Kier molecular flexibility index (Phi) is 6.85. The normalized spacial score (nSPS) is 17.1. The maximum Gasteiger partial charge on any atom is 0.251 e. The van der Waals surface area contributed by atoms with Crippen LogP contribution in [0.2, 0.25) is 0 Å². The zero-order valence-corrected chi connectivity index (χ0v) is 17.9. The molecular weight excluding hydrogens is 364 g/mol. The van der Waals surface area contributed by atoms with Crippen molar-refractivity contribution in [2.24, 2.45) is 5.92 Å². The average molecular weight is 397 g/mol. The van der Waals surface area contributed by atoms with E-state index in [4.69, 9.17) is 4.98 Å². The zero-order chi connectivity index (χ0) is 21.0. The minimum atomic E-state index is -0.110. The van der Waals surface area contributed by atoms with Gasteiger partial charge < -0.3 is 9.88 Å². The number of hydrogen-bond acceptors (Lipinski definition) is 4. The van der Waals surface area contributed by atoms with Crippen LogP contribution in [0.5, 0.6) is 0 Å². The number of hydrogen-bond donors (Lipinski definition) is 1. The summed E-state index contributed by atoms with van der Waals surface area (Å²) in [7, 11) is 0. The lowest BCUT2D eigenvalue weighted by Gasteiger charge is -2.27. The molecule has 0 aliphatic carbocycles. The number of nitrogens with one attached hydrogen (secondary N) is 1. The fourth-order valence-corrected chi connectivity index (χ4v) is 4.24. The number of nitrogens with zero attached hydrogens (tertiary/aromatic N) is 3. The van der Waals surface area contributed by atoms with Crippen molar-refractivity contribution in [2.45, 2.75) is 53.1 Å². The molecule has 0 spiro atoms. The van der Waals surface area contributed by atoms with Gasteiger partial charge in [-0.3, -0.25) is 14.5 Å². The van der Waals surface area contributed by atoms with Crippen LogP contribution in [-0.2, 0) is 17.8 Å². The molecule has 1 atom stereocenters. The molecule has 156 valence electrons. The number of carbonyl (C=O) groups excluding carboxylic acids is 1. The third kappa shape index (κ3) is 5.32. The molecule has 2 heterocycles. The summed E-state index contributed by atoms with van der Waals surface area (Å²) in [5.74, 6) is 1.22. The highest BCUT2D eigenvalue weighted by atomic mass is 16.2. The third-order valence-electron chi connectivity index (χ3n) is 5.51. The van der Waals surface area contributed by atoms with E-state index in [9.17, 15) is 9.59 Å². The summed E-state index contributed by atoms with van der Waals surface area (Å²) in [6.45, 7) is 11.3. The first-order chi connectivity index (χ1) is 13.9. The van der Waals surface area contributed by atoms with Gasteiger partial charge >= 0.3 is 0 Å². The van der Waals surface area contributed by atoms with Gasteiger partial charge in [0, 0.05) is 56.5 Å². The van der Waals surface area contributed by atoms with E-state index in [1.165, 1.54) is 0 Å². The predicted octanol–water partition coefficient (Wildman–Crippen LogP) is 3.08. The minimum absolute atomic E-state index is 0.110. The molecule has 1 saturated heterocycles. The lowest BCUT2D eigenvalue weighted by Crippen LogP contribution is -2.40. The third-order valence-corrected chi connectivity index (χ3v) is 5.51. The van der Waals surface area contributed by atoms with Crippen molar-refractivity contribution in [2.75, 3.05) is 19.6 Å². The number of amides is 1. The number of aromatic nitrogens is 2. The molecule has 1 aromatic carbocycles. The molecule has 2 aromatic rings. The van der Waals surface area contributed by atoms with Gasteiger partial charge in [-0.1, -0.05) is 38.1 Å². The van der Waals surface area contributed by atoms with Crippen LogP contribution in [0.1, 0.15) is 45.4 Å². The quantitative estimate of drug-likeness (QED) is 0.781. The van der Waals surface area contributed by atoms with Crippen LogP contribution in [0.3, 0.4) is 0 Å². The molecule has 1 fully saturated rings. The molecule has 3 rings (SSSR count). The number of likely N-dealkylation sites (tertiary alicyclic amines) is 1. The number of rotatable bonds is 7. The number of benzene rings is 1. The standard InChI is InChI=1S/C23H32N4O2/c1-5-27(17(4)28)20-10-11-26(15-20)14-18-8-6-7-9-21(18)23-24-19(12-16(2)3)13-22(29)25-23/h6-9,13,16,20H,5,10-12,14-15H2,1-4H3,(H,24,25,29). The van der Waals surface area contributed by atoms with E-state index < -0.39 is 0 Å².